The summed E-state index contributed by atoms with van der Waals surface area (Å²) in [6, 6.07) is 0. The van der Waals surface area contributed by atoms with E-state index in [4.69, 9.17) is 4.74 Å². The zero-order valence-electron chi connectivity index (χ0n) is 14.0. The molecular formula is C12H13F11N2O3S. The summed E-state index contributed by atoms with van der Waals surface area (Å²) in [5.41, 5.74) is 0. The second-order valence-corrected chi connectivity index (χ2v) is 8.18. The van der Waals surface area contributed by atoms with Crippen molar-refractivity contribution in [2.45, 2.75) is 34.6 Å². The van der Waals surface area contributed by atoms with Gasteiger partial charge in [-0.3, -0.25) is 4.90 Å². The number of hydrogen-bond acceptors (Lipinski definition) is 4. The Balaban J connectivity index is 2.46. The molecule has 0 aromatic carbocycles. The van der Waals surface area contributed by atoms with Gasteiger partial charge in [-0.15, -0.1) is 0 Å². The van der Waals surface area contributed by atoms with Crippen molar-refractivity contribution < 1.29 is 61.4 Å². The average Bonchev–Trinajstić information content (AvgIpc) is 2.59. The second kappa shape index (κ2) is 6.78. The highest BCUT2D eigenvalue weighted by molar-refractivity contribution is 7.90. The van der Waals surface area contributed by atoms with Gasteiger partial charge in [-0.25, -0.2) is 17.5 Å². The first-order chi connectivity index (χ1) is 12.8. The molecule has 1 N–H and O–H groups in total. The zero-order chi connectivity index (χ0) is 22.7. The van der Waals surface area contributed by atoms with E-state index in [-0.39, 0.29) is 26.3 Å². The molecule has 1 aliphatic heterocycles. The van der Waals surface area contributed by atoms with Gasteiger partial charge in [-0.05, 0) is 0 Å². The molecule has 0 atom stereocenters. The van der Waals surface area contributed by atoms with Gasteiger partial charge in [-0.1, -0.05) is 0 Å². The minimum atomic E-state index is -7.47. The molecule has 2 rings (SSSR count). The van der Waals surface area contributed by atoms with Crippen LogP contribution in [0.2, 0.25) is 0 Å². The molecule has 2 fully saturated rings. The summed E-state index contributed by atoms with van der Waals surface area (Å²) in [4.78, 5) is 1.35. The molecule has 0 amide bonds. The van der Waals surface area contributed by atoms with Gasteiger partial charge in [0.05, 0.1) is 13.2 Å². The standard InChI is InChI=1S/C12H13F11N2O3S/c13-7(14)8(15,16)10(19,20)12(23,11(21,22)9(7,17)18)29(26,27)24-1-2-25-3-5-28-6-4-25/h24H,1-6H2. The summed E-state index contributed by atoms with van der Waals surface area (Å²) >= 11 is 0. The zero-order valence-corrected chi connectivity index (χ0v) is 14.8. The van der Waals surface area contributed by atoms with Gasteiger partial charge in [0, 0.05) is 26.2 Å². The molecule has 0 bridgehead atoms. The predicted octanol–water partition coefficient (Wildman–Crippen LogP) is 2.09. The molecule has 17 heteroatoms. The maximum atomic E-state index is 14.5. The lowest BCUT2D eigenvalue weighted by Crippen LogP contribution is -2.86. The van der Waals surface area contributed by atoms with Crippen LogP contribution in [0.1, 0.15) is 0 Å². The summed E-state index contributed by atoms with van der Waals surface area (Å²) in [7, 11) is -7.06. The third-order valence-corrected chi connectivity index (χ3v) is 6.42. The first kappa shape index (κ1) is 24.3. The number of alkyl halides is 11. The smallest absolute Gasteiger partial charge is 0.379 e. The van der Waals surface area contributed by atoms with Gasteiger partial charge < -0.3 is 4.74 Å². The third kappa shape index (κ3) is 2.86. The number of halogens is 11. The van der Waals surface area contributed by atoms with E-state index in [1.54, 1.807) is 0 Å². The second-order valence-electron chi connectivity index (χ2n) is 6.32. The monoisotopic (exact) mass is 474 g/mol. The van der Waals surface area contributed by atoms with Crippen LogP contribution in [0.25, 0.3) is 0 Å². The Kier molecular flexibility index (Phi) is 5.69. The van der Waals surface area contributed by atoms with Gasteiger partial charge in [0.15, 0.2) is 0 Å². The summed E-state index contributed by atoms with van der Waals surface area (Å²) in [6.07, 6.45) is 0. The van der Waals surface area contributed by atoms with E-state index in [0.717, 1.165) is 4.72 Å². The number of hydrogen-bond donors (Lipinski definition) is 1. The van der Waals surface area contributed by atoms with E-state index in [2.05, 4.69) is 0 Å². The van der Waals surface area contributed by atoms with E-state index >= 15 is 0 Å². The number of nitrogens with one attached hydrogen (secondary N) is 1. The van der Waals surface area contributed by atoms with Gasteiger partial charge in [-0.2, -0.15) is 43.9 Å². The molecule has 2 aliphatic rings. The Hall–Kier alpha value is -0.940. The third-order valence-electron chi connectivity index (χ3n) is 4.58. The molecule has 0 spiro atoms. The Morgan fingerprint density at radius 3 is 1.52 bits per heavy atom. The molecule has 1 aliphatic carbocycles. The van der Waals surface area contributed by atoms with Gasteiger partial charge in [0.25, 0.3) is 10.0 Å². The van der Waals surface area contributed by atoms with Crippen LogP contribution in [0.5, 0.6) is 0 Å². The minimum absolute atomic E-state index is 0.128. The minimum Gasteiger partial charge on any atom is -0.379 e. The van der Waals surface area contributed by atoms with Gasteiger partial charge in [0.1, 0.15) is 0 Å². The number of ether oxygens (including phenoxy) is 1. The molecule has 172 valence electrons. The number of rotatable bonds is 5. The van der Waals surface area contributed by atoms with Crippen LogP contribution >= 0.6 is 0 Å². The summed E-state index contributed by atoms with van der Waals surface area (Å²) < 4.78 is 179. The molecule has 1 saturated heterocycles. The van der Waals surface area contributed by atoms with Crippen LogP contribution in [0.4, 0.5) is 48.3 Å². The summed E-state index contributed by atoms with van der Waals surface area (Å²) in [5, 5.41) is -7.09. The molecule has 1 saturated carbocycles. The Morgan fingerprint density at radius 1 is 0.724 bits per heavy atom. The van der Waals surface area contributed by atoms with Crippen molar-refractivity contribution in [3.8, 4) is 0 Å². The molecule has 5 nitrogen and oxygen atoms in total. The van der Waals surface area contributed by atoms with Crippen molar-refractivity contribution in [2.24, 2.45) is 0 Å². The van der Waals surface area contributed by atoms with Crippen molar-refractivity contribution in [1.82, 2.24) is 9.62 Å². The lowest BCUT2D eigenvalue weighted by Gasteiger charge is -2.51. The first-order valence-corrected chi connectivity index (χ1v) is 9.18. The number of sulfonamides is 1. The van der Waals surface area contributed by atoms with E-state index in [1.807, 2.05) is 0 Å². The predicted molar refractivity (Wildman–Crippen MR) is 72.8 cm³/mol. The highest BCUT2D eigenvalue weighted by Crippen LogP contribution is 2.70. The average molecular weight is 474 g/mol. The maximum Gasteiger partial charge on any atom is 0.384 e. The summed E-state index contributed by atoms with van der Waals surface area (Å²) in [6.45, 7) is -1.08. The van der Waals surface area contributed by atoms with Crippen LogP contribution in [-0.4, -0.2) is 87.3 Å². The highest BCUT2D eigenvalue weighted by atomic mass is 32.2. The molecular weight excluding hydrogens is 461 g/mol. The van der Waals surface area contributed by atoms with Crippen LogP contribution in [0.3, 0.4) is 0 Å². The molecule has 0 radical (unpaired) electrons. The highest BCUT2D eigenvalue weighted by Gasteiger charge is 3.04. The lowest BCUT2D eigenvalue weighted by atomic mass is 9.81. The van der Waals surface area contributed by atoms with E-state index in [1.165, 1.54) is 4.90 Å². The van der Waals surface area contributed by atoms with Crippen LogP contribution in [0, 0.1) is 0 Å². The number of nitrogens with zero attached hydrogens (tertiary/aromatic N) is 1. The first-order valence-electron chi connectivity index (χ1n) is 7.70. The van der Waals surface area contributed by atoms with Crippen molar-refractivity contribution in [2.75, 3.05) is 39.4 Å². The molecule has 0 unspecified atom stereocenters. The molecule has 29 heavy (non-hydrogen) atoms. The Bertz CT molecular complexity index is 707. The van der Waals surface area contributed by atoms with Crippen molar-refractivity contribution in [3.63, 3.8) is 0 Å². The largest absolute Gasteiger partial charge is 0.384 e. The fourth-order valence-corrected chi connectivity index (χ4v) is 4.28. The summed E-state index contributed by atoms with van der Waals surface area (Å²) in [5.74, 6) is -37.3. The fourth-order valence-electron chi connectivity index (χ4n) is 2.79. The van der Waals surface area contributed by atoms with E-state index in [9.17, 15) is 56.7 Å². The fraction of sp³-hybridized carbons (Fsp3) is 1.00. The SMILES string of the molecule is O=S(=O)(NCCN1CCOCC1)C1(F)C(F)(F)C(F)(F)C(F)(F)C(F)(F)C1(F)F. The van der Waals surface area contributed by atoms with Crippen molar-refractivity contribution >= 4 is 10.0 Å². The van der Waals surface area contributed by atoms with Gasteiger partial charge in [0.2, 0.25) is 0 Å². The van der Waals surface area contributed by atoms with Crippen LogP contribution in [-0.2, 0) is 14.8 Å². The van der Waals surface area contributed by atoms with Crippen molar-refractivity contribution in [3.05, 3.63) is 0 Å². The maximum absolute atomic E-state index is 14.5. The quantitative estimate of drug-likeness (QED) is 0.621. The van der Waals surface area contributed by atoms with Crippen LogP contribution in [0.15, 0.2) is 0 Å². The normalized spacial score (nSPS) is 30.0. The van der Waals surface area contributed by atoms with Gasteiger partial charge >= 0.3 is 34.6 Å². The number of morpholine rings is 1. The topological polar surface area (TPSA) is 58.6 Å². The van der Waals surface area contributed by atoms with E-state index in [0.29, 0.717) is 0 Å². The Labute approximate surface area is 156 Å². The molecule has 0 aromatic heterocycles. The van der Waals surface area contributed by atoms with E-state index < -0.39 is 57.7 Å². The van der Waals surface area contributed by atoms with Crippen molar-refractivity contribution in [1.29, 1.82) is 0 Å². The Morgan fingerprint density at radius 2 is 1.10 bits per heavy atom. The molecule has 0 aromatic rings. The molecule has 1 heterocycles. The lowest BCUT2D eigenvalue weighted by molar-refractivity contribution is -0.470. The van der Waals surface area contributed by atoms with Crippen LogP contribution < -0.4 is 4.72 Å².